The fourth-order valence-electron chi connectivity index (χ4n) is 4.70. The maximum absolute atomic E-state index is 14.6. The van der Waals surface area contributed by atoms with Gasteiger partial charge in [0.1, 0.15) is 0 Å². The summed E-state index contributed by atoms with van der Waals surface area (Å²) in [4.78, 5) is 0. The van der Waals surface area contributed by atoms with Crippen LogP contribution < -0.4 is 0 Å². The van der Waals surface area contributed by atoms with Crippen molar-refractivity contribution in [3.63, 3.8) is 0 Å². The first kappa shape index (κ1) is 19.1. The quantitative estimate of drug-likeness (QED) is 0.553. The monoisotopic (exact) mass is 393 g/mol. The zero-order chi connectivity index (χ0) is 19.6. The van der Waals surface area contributed by atoms with Gasteiger partial charge in [-0.25, -0.2) is 0 Å². The molecule has 0 radical (unpaired) electrons. The molecular weight excluding hydrogens is 369 g/mol. The van der Waals surface area contributed by atoms with Crippen molar-refractivity contribution >= 4 is 34.9 Å². The summed E-state index contributed by atoms with van der Waals surface area (Å²) in [6.45, 7) is 8.08. The molecule has 0 aliphatic heterocycles. The number of hydrogen-bond acceptors (Lipinski definition) is 0. The summed E-state index contributed by atoms with van der Waals surface area (Å²) in [6, 6.07) is 2.07. The van der Waals surface area contributed by atoms with E-state index in [9.17, 15) is 13.2 Å². The van der Waals surface area contributed by atoms with Crippen LogP contribution in [-0.4, -0.2) is 23.1 Å². The van der Waals surface area contributed by atoms with E-state index in [1.807, 2.05) is 32.9 Å². The van der Waals surface area contributed by atoms with Crippen LogP contribution in [0.1, 0.15) is 52.0 Å². The zero-order valence-corrected chi connectivity index (χ0v) is 16.7. The molecule has 0 spiro atoms. The molecule has 1 fully saturated rings. The van der Waals surface area contributed by atoms with Crippen molar-refractivity contribution in [2.75, 3.05) is 0 Å². The summed E-state index contributed by atoms with van der Waals surface area (Å²) >= 11 is 6.41. The van der Waals surface area contributed by atoms with Gasteiger partial charge >= 0.3 is 163 Å². The Kier molecular flexibility index (Phi) is 4.53. The molecule has 4 rings (SSSR count). The third-order valence-electron chi connectivity index (χ3n) is 6.82. The Balaban J connectivity index is 1.66. The summed E-state index contributed by atoms with van der Waals surface area (Å²) in [5, 5.41) is 1.62. The molecule has 1 nitrogen and oxygen atoms in total. The van der Waals surface area contributed by atoms with Gasteiger partial charge < -0.3 is 0 Å². The summed E-state index contributed by atoms with van der Waals surface area (Å²) in [5.74, 6) is -0.416. The average Bonchev–Trinajstić information content (AvgIpc) is 2.92. The fraction of sp³-hybridized carbons (Fsp3) is 0.571. The van der Waals surface area contributed by atoms with E-state index >= 15 is 0 Å². The van der Waals surface area contributed by atoms with E-state index in [0.29, 0.717) is 24.4 Å². The van der Waals surface area contributed by atoms with Crippen LogP contribution in [0.4, 0.5) is 13.2 Å². The molecular formula is C21H24BClF3N. The van der Waals surface area contributed by atoms with Crippen molar-refractivity contribution in [2.24, 2.45) is 11.8 Å². The van der Waals surface area contributed by atoms with Crippen molar-refractivity contribution in [3.05, 3.63) is 34.4 Å². The second kappa shape index (κ2) is 6.40. The molecule has 2 unspecified atom stereocenters. The molecule has 0 N–H and O–H groups in total. The Morgan fingerprint density at radius 1 is 1.26 bits per heavy atom. The van der Waals surface area contributed by atoms with Gasteiger partial charge in [-0.2, -0.15) is 0 Å². The number of rotatable bonds is 3. The van der Waals surface area contributed by atoms with Gasteiger partial charge in [0, 0.05) is 0 Å². The molecule has 2 aromatic heterocycles. The average molecular weight is 394 g/mol. The minimum absolute atomic E-state index is 0.0332. The van der Waals surface area contributed by atoms with Crippen LogP contribution in [0.2, 0.25) is 5.02 Å². The van der Waals surface area contributed by atoms with Gasteiger partial charge in [0.05, 0.1) is 0 Å². The van der Waals surface area contributed by atoms with Gasteiger partial charge in [-0.3, -0.25) is 0 Å². The Bertz CT molecular complexity index is 921. The minimum atomic E-state index is -2.51. The summed E-state index contributed by atoms with van der Waals surface area (Å²) < 4.78 is 43.5. The van der Waals surface area contributed by atoms with E-state index in [4.69, 9.17) is 11.6 Å². The van der Waals surface area contributed by atoms with E-state index in [2.05, 4.69) is 10.6 Å². The molecule has 2 aliphatic rings. The third kappa shape index (κ3) is 3.16. The Morgan fingerprint density at radius 2 is 1.93 bits per heavy atom. The Hall–Kier alpha value is -1.23. The molecule has 0 aromatic carbocycles. The topological polar surface area (TPSA) is 4.93 Å². The maximum atomic E-state index is 14.6. The predicted molar refractivity (Wildman–Crippen MR) is 106 cm³/mol. The summed E-state index contributed by atoms with van der Waals surface area (Å²) in [7, 11) is 0. The van der Waals surface area contributed by atoms with Crippen LogP contribution in [0.25, 0.3) is 16.4 Å². The van der Waals surface area contributed by atoms with Crippen molar-refractivity contribution in [2.45, 2.75) is 64.6 Å². The number of nitrogens with zero attached hydrogens (tertiary/aromatic N) is 1. The van der Waals surface area contributed by atoms with Crippen LogP contribution in [0, 0.1) is 11.8 Å². The van der Waals surface area contributed by atoms with Crippen molar-refractivity contribution in [1.29, 1.82) is 0 Å². The number of allylic oxidation sites excluding steroid dienone is 2. The summed E-state index contributed by atoms with van der Waals surface area (Å²) in [5.41, 5.74) is 2.61. The molecule has 0 amide bonds. The number of alkyl halides is 3. The molecule has 6 heteroatoms. The van der Waals surface area contributed by atoms with Crippen molar-refractivity contribution < 1.29 is 13.2 Å². The molecule has 0 bridgehead atoms. The number of aromatic nitrogens is 1. The number of hydrogen-bond donors (Lipinski definition) is 0. The third-order valence-corrected chi connectivity index (χ3v) is 7.12. The molecule has 2 aliphatic carbocycles. The summed E-state index contributed by atoms with van der Waals surface area (Å²) in [6.07, 6.45) is 2.90. The Labute approximate surface area is 163 Å². The number of fused-ring (bicyclic) bond motifs is 1. The Morgan fingerprint density at radius 3 is 2.56 bits per heavy atom. The van der Waals surface area contributed by atoms with Gasteiger partial charge in [-0.05, 0) is 0 Å². The van der Waals surface area contributed by atoms with E-state index in [1.54, 1.807) is 6.92 Å². The number of halogens is 4. The molecule has 0 saturated heterocycles. The zero-order valence-electron chi connectivity index (χ0n) is 16.0. The molecule has 144 valence electrons. The van der Waals surface area contributed by atoms with Crippen LogP contribution >= 0.6 is 11.6 Å². The van der Waals surface area contributed by atoms with Crippen molar-refractivity contribution in [1.82, 2.24) is 4.57 Å². The van der Waals surface area contributed by atoms with E-state index in [-0.39, 0.29) is 24.7 Å². The standard InChI is InChI=1S/C21H24BClF3N/c1-12-18(13(2)20(12,3)24)15-8-17-19(22-9-15)16(23)11-27(17)10-14-4-6-21(25,26)7-5-14/h8-9,11-12,14H,4-7,10H2,1-3H3. The molecule has 1 saturated carbocycles. The second-order valence-electron chi connectivity index (χ2n) is 8.50. The second-order valence-corrected chi connectivity index (χ2v) is 8.90. The first-order valence-electron chi connectivity index (χ1n) is 9.67. The fourth-order valence-corrected chi connectivity index (χ4v) is 4.98. The van der Waals surface area contributed by atoms with Gasteiger partial charge in [0.2, 0.25) is 0 Å². The van der Waals surface area contributed by atoms with Crippen molar-refractivity contribution in [3.8, 4) is 0 Å². The first-order chi connectivity index (χ1) is 12.6. The van der Waals surface area contributed by atoms with Crippen LogP contribution in [0.5, 0.6) is 0 Å². The normalized spacial score (nSPS) is 28.5. The van der Waals surface area contributed by atoms with Crippen LogP contribution in [-0.2, 0) is 6.54 Å². The van der Waals surface area contributed by atoms with Gasteiger partial charge in [-0.1, -0.05) is 0 Å². The SMILES string of the molecule is CC1=C(c2cbc3c(Cl)cn(CC4CCC(F)(F)CC4)c3c2)C(C)C1(C)F. The molecule has 2 heterocycles. The van der Waals surface area contributed by atoms with Crippen LogP contribution in [0.15, 0.2) is 23.8 Å². The predicted octanol–water partition coefficient (Wildman–Crippen LogP) is 6.61. The first-order valence-corrected chi connectivity index (χ1v) is 10.0. The van der Waals surface area contributed by atoms with Gasteiger partial charge in [-0.15, -0.1) is 0 Å². The van der Waals surface area contributed by atoms with Gasteiger partial charge in [0.25, 0.3) is 0 Å². The van der Waals surface area contributed by atoms with Gasteiger partial charge in [0.15, 0.2) is 0 Å². The molecule has 27 heavy (non-hydrogen) atoms. The van der Waals surface area contributed by atoms with E-state index < -0.39 is 11.6 Å². The van der Waals surface area contributed by atoms with E-state index in [0.717, 1.165) is 27.5 Å². The molecule has 2 atom stereocenters. The van der Waals surface area contributed by atoms with Crippen LogP contribution in [0.3, 0.4) is 0 Å². The molecule has 2 aromatic rings. The van der Waals surface area contributed by atoms with E-state index in [1.165, 1.54) is 0 Å².